The number of phenolic OH excluding ortho intramolecular Hbond substituents is 1. The van der Waals surface area contributed by atoms with Crippen LogP contribution < -0.4 is 4.90 Å². The van der Waals surface area contributed by atoms with Crippen LogP contribution in [0.25, 0.3) is 11.0 Å². The van der Waals surface area contributed by atoms with Gasteiger partial charge in [-0.1, -0.05) is 41.9 Å². The van der Waals surface area contributed by atoms with Crippen LogP contribution in [0, 0.1) is 0 Å². The summed E-state index contributed by atoms with van der Waals surface area (Å²) in [5.74, 6) is -1.91. The number of nitrogens with zero attached hydrogens (tertiary/aromatic N) is 1. The largest absolute Gasteiger partial charge is 0.508 e. The Morgan fingerprint density at radius 1 is 0.938 bits per heavy atom. The second kappa shape index (κ2) is 7.59. The number of carbonyl (C=O) groups is 2. The quantitative estimate of drug-likeness (QED) is 0.400. The predicted octanol–water partition coefficient (Wildman–Crippen LogP) is 5.57. The van der Waals surface area contributed by atoms with Crippen LogP contribution in [0.4, 0.5) is 5.69 Å². The van der Waals surface area contributed by atoms with Gasteiger partial charge in [-0.25, -0.2) is 0 Å². The van der Waals surface area contributed by atoms with Gasteiger partial charge in [0.25, 0.3) is 5.91 Å². The van der Waals surface area contributed by atoms with Crippen molar-refractivity contribution in [1.29, 1.82) is 0 Å². The highest BCUT2D eigenvalue weighted by Gasteiger charge is 2.45. The van der Waals surface area contributed by atoms with E-state index in [1.54, 1.807) is 60.7 Å². The number of halogens is 1. The number of ketones is 1. The van der Waals surface area contributed by atoms with Crippen molar-refractivity contribution < 1.29 is 24.2 Å². The van der Waals surface area contributed by atoms with E-state index in [0.29, 0.717) is 21.9 Å². The third-order valence-corrected chi connectivity index (χ3v) is 5.67. The molecule has 5 rings (SSSR count). The standard InChI is InChI=1S/C25H16ClNO5/c26-16-7-9-17(10-8-16)27-22(14-5-11-18(28)12-6-14)21(24(30)25(27)31)23(29)20-13-15-3-1-2-4-19(15)32-20/h1-13,22,28,30H. The molecular formula is C25H16ClNO5. The van der Waals surface area contributed by atoms with Gasteiger partial charge in [-0.05, 0) is 54.1 Å². The molecule has 4 aromatic rings. The summed E-state index contributed by atoms with van der Waals surface area (Å²) in [5.41, 5.74) is 1.41. The summed E-state index contributed by atoms with van der Waals surface area (Å²) in [4.78, 5) is 27.9. The SMILES string of the molecule is O=C(C1=C(O)C(=O)N(c2ccc(Cl)cc2)C1c1ccc(O)cc1)c1cc2ccccc2o1. The van der Waals surface area contributed by atoms with Gasteiger partial charge in [0, 0.05) is 16.1 Å². The van der Waals surface area contributed by atoms with Crippen LogP contribution in [0.1, 0.15) is 22.2 Å². The van der Waals surface area contributed by atoms with Crippen LogP contribution in [0.3, 0.4) is 0 Å². The molecule has 0 fully saturated rings. The Balaban J connectivity index is 1.66. The molecule has 0 aliphatic carbocycles. The Hall–Kier alpha value is -4.03. The maximum absolute atomic E-state index is 13.5. The molecule has 2 heterocycles. The molecule has 1 unspecified atom stereocenters. The number of aliphatic hydroxyl groups excluding tert-OH is 1. The van der Waals surface area contributed by atoms with E-state index < -0.39 is 23.5 Å². The van der Waals surface area contributed by atoms with Crippen LogP contribution in [-0.2, 0) is 4.79 Å². The number of fused-ring (bicyclic) bond motifs is 1. The summed E-state index contributed by atoms with van der Waals surface area (Å²) < 4.78 is 5.70. The zero-order valence-corrected chi connectivity index (χ0v) is 17.3. The van der Waals surface area contributed by atoms with E-state index in [0.717, 1.165) is 5.39 Å². The van der Waals surface area contributed by atoms with E-state index in [9.17, 15) is 19.8 Å². The van der Waals surface area contributed by atoms with Gasteiger partial charge in [-0.3, -0.25) is 14.5 Å². The Morgan fingerprint density at radius 2 is 1.62 bits per heavy atom. The van der Waals surface area contributed by atoms with Gasteiger partial charge < -0.3 is 14.6 Å². The maximum atomic E-state index is 13.5. The maximum Gasteiger partial charge on any atom is 0.294 e. The van der Waals surface area contributed by atoms with Crippen molar-refractivity contribution in [3.05, 3.63) is 107 Å². The highest BCUT2D eigenvalue weighted by Crippen LogP contribution is 2.42. The van der Waals surface area contributed by atoms with Crippen molar-refractivity contribution in [1.82, 2.24) is 0 Å². The number of hydrogen-bond donors (Lipinski definition) is 2. The topological polar surface area (TPSA) is 91.0 Å². The average Bonchev–Trinajstić information content (AvgIpc) is 3.34. The fourth-order valence-corrected chi connectivity index (χ4v) is 4.03. The van der Waals surface area contributed by atoms with Crippen LogP contribution in [0.5, 0.6) is 5.75 Å². The Labute approximate surface area is 187 Å². The van der Waals surface area contributed by atoms with Crippen molar-refractivity contribution in [3.63, 3.8) is 0 Å². The van der Waals surface area contributed by atoms with Crippen molar-refractivity contribution in [3.8, 4) is 5.75 Å². The molecule has 0 saturated carbocycles. The fourth-order valence-electron chi connectivity index (χ4n) is 3.90. The number of furan rings is 1. The number of aliphatic hydroxyl groups is 1. The molecule has 1 atom stereocenters. The Morgan fingerprint density at radius 3 is 2.31 bits per heavy atom. The minimum atomic E-state index is -0.926. The first-order valence-electron chi connectivity index (χ1n) is 9.78. The van der Waals surface area contributed by atoms with E-state index in [1.807, 2.05) is 6.07 Å². The predicted molar refractivity (Wildman–Crippen MR) is 120 cm³/mol. The highest BCUT2D eigenvalue weighted by atomic mass is 35.5. The third kappa shape index (κ3) is 3.21. The zero-order chi connectivity index (χ0) is 22.4. The molecule has 1 aliphatic rings. The molecule has 0 spiro atoms. The van der Waals surface area contributed by atoms with Gasteiger partial charge in [-0.2, -0.15) is 0 Å². The first kappa shape index (κ1) is 19.9. The highest BCUT2D eigenvalue weighted by molar-refractivity contribution is 6.30. The van der Waals surface area contributed by atoms with Crippen LogP contribution in [-0.4, -0.2) is 21.9 Å². The van der Waals surface area contributed by atoms with Crippen molar-refractivity contribution >= 4 is 39.9 Å². The number of amides is 1. The van der Waals surface area contributed by atoms with Gasteiger partial charge in [0.05, 0.1) is 11.6 Å². The van der Waals surface area contributed by atoms with E-state index >= 15 is 0 Å². The molecule has 1 amide bonds. The van der Waals surface area contributed by atoms with Crippen LogP contribution >= 0.6 is 11.6 Å². The normalized spacial score (nSPS) is 16.2. The molecule has 32 heavy (non-hydrogen) atoms. The average molecular weight is 446 g/mol. The number of aromatic hydroxyl groups is 1. The second-order valence-electron chi connectivity index (χ2n) is 7.39. The van der Waals surface area contributed by atoms with E-state index in [-0.39, 0.29) is 17.1 Å². The van der Waals surface area contributed by atoms with E-state index in [2.05, 4.69) is 0 Å². The van der Waals surface area contributed by atoms with Gasteiger partial charge in [0.15, 0.2) is 11.5 Å². The molecule has 6 nitrogen and oxygen atoms in total. The lowest BCUT2D eigenvalue weighted by Gasteiger charge is -2.26. The second-order valence-corrected chi connectivity index (χ2v) is 7.82. The monoisotopic (exact) mass is 445 g/mol. The zero-order valence-electron chi connectivity index (χ0n) is 16.5. The summed E-state index contributed by atoms with van der Waals surface area (Å²) in [7, 11) is 0. The van der Waals surface area contributed by atoms with Crippen molar-refractivity contribution in [2.45, 2.75) is 6.04 Å². The number of carbonyl (C=O) groups excluding carboxylic acids is 2. The van der Waals surface area contributed by atoms with Gasteiger partial charge in [0.1, 0.15) is 11.3 Å². The first-order chi connectivity index (χ1) is 15.4. The van der Waals surface area contributed by atoms with Crippen LogP contribution in [0.15, 0.2) is 94.6 Å². The molecule has 0 bridgehead atoms. The fraction of sp³-hybridized carbons (Fsp3) is 0.0400. The van der Waals surface area contributed by atoms with Crippen molar-refractivity contribution in [2.75, 3.05) is 4.90 Å². The minimum absolute atomic E-state index is 0.0160. The Kier molecular flexibility index (Phi) is 4.72. The third-order valence-electron chi connectivity index (χ3n) is 5.42. The number of benzene rings is 3. The summed E-state index contributed by atoms with van der Waals surface area (Å²) in [6.45, 7) is 0. The Bertz CT molecular complexity index is 1350. The van der Waals surface area contributed by atoms with Gasteiger partial charge in [-0.15, -0.1) is 0 Å². The molecule has 1 aromatic heterocycles. The number of rotatable bonds is 4. The molecular weight excluding hydrogens is 430 g/mol. The first-order valence-corrected chi connectivity index (χ1v) is 10.2. The summed E-state index contributed by atoms with van der Waals surface area (Å²) in [5, 5.41) is 21.7. The molecule has 7 heteroatoms. The number of Topliss-reactive ketones (excluding diaryl/α,β-unsaturated/α-hetero) is 1. The molecule has 2 N–H and O–H groups in total. The molecule has 1 aliphatic heterocycles. The lowest BCUT2D eigenvalue weighted by molar-refractivity contribution is -0.117. The molecule has 3 aromatic carbocycles. The summed E-state index contributed by atoms with van der Waals surface area (Å²) >= 11 is 5.99. The molecule has 158 valence electrons. The number of para-hydroxylation sites is 1. The smallest absolute Gasteiger partial charge is 0.294 e. The number of anilines is 1. The van der Waals surface area contributed by atoms with Crippen LogP contribution in [0.2, 0.25) is 5.02 Å². The molecule has 0 radical (unpaired) electrons. The van der Waals surface area contributed by atoms with E-state index in [1.165, 1.54) is 17.0 Å². The number of phenols is 1. The van der Waals surface area contributed by atoms with Crippen molar-refractivity contribution in [2.24, 2.45) is 0 Å². The minimum Gasteiger partial charge on any atom is -0.508 e. The lowest BCUT2D eigenvalue weighted by atomic mass is 9.94. The summed E-state index contributed by atoms with van der Waals surface area (Å²) in [6, 6.07) is 20.4. The molecule has 0 saturated heterocycles. The number of hydrogen-bond acceptors (Lipinski definition) is 5. The van der Waals surface area contributed by atoms with Gasteiger partial charge >= 0.3 is 0 Å². The summed E-state index contributed by atoms with van der Waals surface area (Å²) in [6.07, 6.45) is 0. The van der Waals surface area contributed by atoms with E-state index in [4.69, 9.17) is 16.0 Å². The lowest BCUT2D eigenvalue weighted by Crippen LogP contribution is -2.31. The van der Waals surface area contributed by atoms with Gasteiger partial charge in [0.2, 0.25) is 5.78 Å².